The third-order valence-corrected chi connectivity index (χ3v) is 7.31. The lowest BCUT2D eigenvalue weighted by atomic mass is 10.1. The Balaban J connectivity index is 0.00000243. The Labute approximate surface area is 161 Å². The molecule has 0 amide bonds. The number of carbonyl (C=O) groups excluding carboxylic acids is 1. The maximum atomic E-state index is 13.6. The van der Waals surface area contributed by atoms with Crippen LogP contribution in [0.15, 0.2) is 39.9 Å². The van der Waals surface area contributed by atoms with Gasteiger partial charge in [0.25, 0.3) is 10.0 Å². The Kier molecular flexibility index (Phi) is 6.75. The van der Waals surface area contributed by atoms with Gasteiger partial charge in [0.1, 0.15) is 10.0 Å². The van der Waals surface area contributed by atoms with Crippen molar-refractivity contribution in [1.82, 2.24) is 9.62 Å². The molecular formula is C16H18ClFN2O4S2. The lowest BCUT2D eigenvalue weighted by Crippen LogP contribution is -2.48. The maximum Gasteiger partial charge on any atom is 0.338 e. The van der Waals surface area contributed by atoms with Crippen molar-refractivity contribution in [3.05, 3.63) is 52.7 Å². The van der Waals surface area contributed by atoms with E-state index in [1.807, 2.05) is 0 Å². The summed E-state index contributed by atoms with van der Waals surface area (Å²) in [6.45, 7) is 1.15. The molecule has 10 heteroatoms. The third-order valence-electron chi connectivity index (χ3n) is 3.99. The second-order valence-corrected chi connectivity index (χ2v) is 8.57. The zero-order valence-corrected chi connectivity index (χ0v) is 16.3. The van der Waals surface area contributed by atoms with Crippen molar-refractivity contribution in [2.45, 2.75) is 10.3 Å². The van der Waals surface area contributed by atoms with E-state index in [0.717, 1.165) is 11.3 Å². The molecule has 0 aliphatic carbocycles. The lowest BCUT2D eigenvalue weighted by Gasteiger charge is -2.35. The molecule has 1 aromatic carbocycles. The van der Waals surface area contributed by atoms with Crippen LogP contribution >= 0.6 is 23.7 Å². The minimum absolute atomic E-state index is 0. The Morgan fingerprint density at radius 1 is 1.38 bits per heavy atom. The van der Waals surface area contributed by atoms with E-state index in [9.17, 15) is 17.6 Å². The number of carbonyl (C=O) groups is 1. The number of rotatable bonds is 4. The van der Waals surface area contributed by atoms with Crippen LogP contribution in [0.5, 0.6) is 0 Å². The Bertz CT molecular complexity index is 888. The molecule has 3 rings (SSSR count). The van der Waals surface area contributed by atoms with Crippen molar-refractivity contribution in [3.63, 3.8) is 0 Å². The number of nitrogens with zero attached hydrogens (tertiary/aromatic N) is 1. The number of nitrogens with one attached hydrogen (secondary N) is 1. The summed E-state index contributed by atoms with van der Waals surface area (Å²) < 4.78 is 45.7. The first-order chi connectivity index (χ1) is 11.9. The predicted molar refractivity (Wildman–Crippen MR) is 98.8 cm³/mol. The lowest BCUT2D eigenvalue weighted by molar-refractivity contribution is 0.0601. The van der Waals surface area contributed by atoms with Crippen LogP contribution < -0.4 is 5.32 Å². The monoisotopic (exact) mass is 420 g/mol. The van der Waals surface area contributed by atoms with Gasteiger partial charge in [-0.25, -0.2) is 17.6 Å². The summed E-state index contributed by atoms with van der Waals surface area (Å²) in [5.74, 6) is -0.996. The van der Waals surface area contributed by atoms with Crippen LogP contribution in [0.3, 0.4) is 0 Å². The smallest absolute Gasteiger partial charge is 0.338 e. The van der Waals surface area contributed by atoms with E-state index >= 15 is 0 Å². The number of halogens is 2. The van der Waals surface area contributed by atoms with Gasteiger partial charge in [-0.15, -0.1) is 23.7 Å². The van der Waals surface area contributed by atoms with Gasteiger partial charge in [0.2, 0.25) is 0 Å². The average Bonchev–Trinajstić information content (AvgIpc) is 3.12. The van der Waals surface area contributed by atoms with E-state index in [0.29, 0.717) is 18.7 Å². The Hall–Kier alpha value is -1.52. The van der Waals surface area contributed by atoms with Crippen molar-refractivity contribution in [2.75, 3.05) is 26.7 Å². The number of thiophene rings is 1. The minimum atomic E-state index is -3.81. The van der Waals surface area contributed by atoms with Crippen LogP contribution in [0.2, 0.25) is 0 Å². The topological polar surface area (TPSA) is 75.7 Å². The normalized spacial score (nSPS) is 18.2. The second-order valence-electron chi connectivity index (χ2n) is 5.54. The fourth-order valence-corrected chi connectivity index (χ4v) is 5.65. The van der Waals surface area contributed by atoms with E-state index in [1.54, 1.807) is 12.1 Å². The molecule has 1 N–H and O–H groups in total. The van der Waals surface area contributed by atoms with E-state index in [4.69, 9.17) is 0 Å². The molecule has 2 aromatic rings. The first-order valence-corrected chi connectivity index (χ1v) is 9.90. The molecule has 6 nitrogen and oxygen atoms in total. The van der Waals surface area contributed by atoms with Gasteiger partial charge in [0, 0.05) is 25.0 Å². The molecule has 0 radical (unpaired) electrons. The Morgan fingerprint density at radius 3 is 2.85 bits per heavy atom. The molecule has 1 atom stereocenters. The molecule has 1 saturated heterocycles. The van der Waals surface area contributed by atoms with Crippen LogP contribution in [0, 0.1) is 5.82 Å². The van der Waals surface area contributed by atoms with E-state index in [-0.39, 0.29) is 28.7 Å². The second kappa shape index (κ2) is 8.45. The van der Waals surface area contributed by atoms with Crippen molar-refractivity contribution in [2.24, 2.45) is 0 Å². The molecule has 1 aliphatic heterocycles. The zero-order chi connectivity index (χ0) is 18.0. The van der Waals surface area contributed by atoms with Crippen LogP contribution in [0.4, 0.5) is 4.39 Å². The van der Waals surface area contributed by atoms with Crippen LogP contribution in [0.1, 0.15) is 22.0 Å². The maximum absolute atomic E-state index is 13.6. The van der Waals surface area contributed by atoms with E-state index in [1.165, 1.54) is 35.0 Å². The third kappa shape index (κ3) is 4.07. The van der Waals surface area contributed by atoms with Gasteiger partial charge < -0.3 is 10.1 Å². The summed E-state index contributed by atoms with van der Waals surface area (Å²) in [6.07, 6.45) is 0. The van der Waals surface area contributed by atoms with Crippen molar-refractivity contribution < 1.29 is 22.3 Å². The highest BCUT2D eigenvalue weighted by atomic mass is 35.5. The predicted octanol–water partition coefficient (Wildman–Crippen LogP) is 2.43. The Morgan fingerprint density at radius 2 is 2.15 bits per heavy atom. The summed E-state index contributed by atoms with van der Waals surface area (Å²) in [5, 5.41) is 4.60. The zero-order valence-electron chi connectivity index (χ0n) is 13.8. The van der Waals surface area contributed by atoms with E-state index < -0.39 is 27.9 Å². The number of ether oxygens (including phenoxy) is 1. The summed E-state index contributed by atoms with van der Waals surface area (Å²) in [5.41, 5.74) is 0.782. The molecule has 1 aliphatic rings. The van der Waals surface area contributed by atoms with Gasteiger partial charge in [-0.1, -0.05) is 12.1 Å². The molecule has 2 heterocycles. The average molecular weight is 421 g/mol. The van der Waals surface area contributed by atoms with Crippen LogP contribution in [0.25, 0.3) is 0 Å². The van der Waals surface area contributed by atoms with Gasteiger partial charge in [-0.3, -0.25) is 0 Å². The standard InChI is InChI=1S/C16H17FN2O4S2.ClH/c1-23-16(20)12-8-15(24-10-12)25(21,22)19-6-5-18-9-14(19)11-3-2-4-13(17)7-11;/h2-4,7-8,10,14,18H,5-6,9H2,1H3;1H. The molecule has 1 unspecified atom stereocenters. The highest BCUT2D eigenvalue weighted by molar-refractivity contribution is 7.91. The van der Waals surface area contributed by atoms with Gasteiger partial charge >= 0.3 is 5.97 Å². The van der Waals surface area contributed by atoms with Gasteiger partial charge in [-0.05, 0) is 23.8 Å². The quantitative estimate of drug-likeness (QED) is 0.769. The molecule has 0 bridgehead atoms. The number of hydrogen-bond acceptors (Lipinski definition) is 6. The summed E-state index contributed by atoms with van der Waals surface area (Å²) in [6, 6.07) is 6.73. The molecule has 0 spiro atoms. The molecular weight excluding hydrogens is 403 g/mol. The minimum Gasteiger partial charge on any atom is -0.465 e. The molecule has 1 aromatic heterocycles. The number of sulfonamides is 1. The van der Waals surface area contributed by atoms with Gasteiger partial charge in [0.05, 0.1) is 18.7 Å². The number of benzene rings is 1. The summed E-state index contributed by atoms with van der Waals surface area (Å²) >= 11 is 0.969. The summed E-state index contributed by atoms with van der Waals surface area (Å²) in [4.78, 5) is 11.6. The number of esters is 1. The fourth-order valence-electron chi connectivity index (χ4n) is 2.76. The number of piperazine rings is 1. The SMILES string of the molecule is COC(=O)c1csc(S(=O)(=O)N2CCNCC2c2cccc(F)c2)c1.Cl. The highest BCUT2D eigenvalue weighted by Gasteiger charge is 2.35. The van der Waals surface area contributed by atoms with Gasteiger partial charge in [0.15, 0.2) is 0 Å². The van der Waals surface area contributed by atoms with Crippen molar-refractivity contribution in [3.8, 4) is 0 Å². The summed E-state index contributed by atoms with van der Waals surface area (Å²) in [7, 11) is -2.57. The molecule has 0 saturated carbocycles. The van der Waals surface area contributed by atoms with E-state index in [2.05, 4.69) is 10.1 Å². The van der Waals surface area contributed by atoms with Crippen LogP contribution in [-0.2, 0) is 14.8 Å². The highest BCUT2D eigenvalue weighted by Crippen LogP contribution is 2.32. The largest absolute Gasteiger partial charge is 0.465 e. The van der Waals surface area contributed by atoms with Gasteiger partial charge in [-0.2, -0.15) is 4.31 Å². The first-order valence-electron chi connectivity index (χ1n) is 7.58. The fraction of sp³-hybridized carbons (Fsp3) is 0.312. The first kappa shape index (κ1) is 20.8. The van der Waals surface area contributed by atoms with Crippen molar-refractivity contribution >= 4 is 39.7 Å². The molecule has 1 fully saturated rings. The number of hydrogen-bond donors (Lipinski definition) is 1. The molecule has 26 heavy (non-hydrogen) atoms. The van der Waals surface area contributed by atoms with Crippen LogP contribution in [-0.4, -0.2) is 45.4 Å². The number of methoxy groups -OCH3 is 1. The molecule has 142 valence electrons. The van der Waals surface area contributed by atoms with Crippen molar-refractivity contribution in [1.29, 1.82) is 0 Å².